The Morgan fingerprint density at radius 3 is 2.03 bits per heavy atom. The Balaban J connectivity index is 2.40. The lowest BCUT2D eigenvalue weighted by molar-refractivity contribution is -0.166. The molecule has 1 aliphatic heterocycles. The van der Waals surface area contributed by atoms with E-state index >= 15 is 0 Å². The molecule has 0 spiro atoms. The Kier molecular flexibility index (Phi) is 11.1. The highest BCUT2D eigenvalue weighted by Crippen LogP contribution is 2.24. The summed E-state index contributed by atoms with van der Waals surface area (Å²) in [5, 5.41) is 0. The van der Waals surface area contributed by atoms with Gasteiger partial charge in [0.1, 0.15) is 35.0 Å². The quantitative estimate of drug-likeness (QED) is 0.349. The molecule has 1 fully saturated rings. The van der Waals surface area contributed by atoms with Crippen LogP contribution in [0.3, 0.4) is 0 Å². The molecule has 39 heavy (non-hydrogen) atoms. The fourth-order valence-corrected chi connectivity index (χ4v) is 3.56. The van der Waals surface area contributed by atoms with Crippen LogP contribution in [0.25, 0.3) is 0 Å². The third-order valence-corrected chi connectivity index (χ3v) is 5.18. The fraction of sp³-hybridized carbons (Fsp3) is 0.679. The van der Waals surface area contributed by atoms with E-state index in [0.717, 1.165) is 0 Å². The molecule has 4 unspecified atom stereocenters. The predicted octanol–water partition coefficient (Wildman–Crippen LogP) is 5.12. The molecule has 0 saturated carbocycles. The number of carbonyl (C=O) groups excluding carboxylic acids is 3. The Hall–Kier alpha value is -2.92. The van der Waals surface area contributed by atoms with Crippen LogP contribution in [0.5, 0.6) is 5.75 Å². The van der Waals surface area contributed by atoms with Crippen molar-refractivity contribution < 1.29 is 47.2 Å². The van der Waals surface area contributed by atoms with Crippen LogP contribution in [0.15, 0.2) is 24.3 Å². The van der Waals surface area contributed by atoms with E-state index in [0.29, 0.717) is 17.3 Å². The molecule has 1 aromatic carbocycles. The van der Waals surface area contributed by atoms with Crippen molar-refractivity contribution in [2.45, 2.75) is 97.9 Å². The molecule has 1 aromatic rings. The lowest BCUT2D eigenvalue weighted by Gasteiger charge is -2.33. The number of amides is 2. The zero-order valence-corrected chi connectivity index (χ0v) is 24.3. The van der Waals surface area contributed by atoms with Crippen molar-refractivity contribution in [2.24, 2.45) is 5.92 Å². The van der Waals surface area contributed by atoms with Gasteiger partial charge in [0.15, 0.2) is 12.1 Å². The highest BCUT2D eigenvalue weighted by molar-refractivity contribution is 5.94. The smallest absolute Gasteiger partial charge is 0.420 e. The first kappa shape index (κ1) is 32.3. The van der Waals surface area contributed by atoms with Crippen molar-refractivity contribution in [2.75, 3.05) is 19.8 Å². The number of nitrogens with zero attached hydrogens (tertiary/aromatic N) is 1. The van der Waals surface area contributed by atoms with Gasteiger partial charge in [0, 0.05) is 6.61 Å². The maximum Gasteiger partial charge on any atom is 0.420 e. The SMILES string of the molecule is CC(C)COC1C(C)OC(=O)C(N(C(=O)OC(C)(C)C)C(=O)OC(C)(C)C)COCC1Oc1ccc(F)cc1. The van der Waals surface area contributed by atoms with Gasteiger partial charge >= 0.3 is 18.2 Å². The number of cyclic esters (lactones) is 1. The summed E-state index contributed by atoms with van der Waals surface area (Å²) >= 11 is 0. The first-order valence-electron chi connectivity index (χ1n) is 13.0. The van der Waals surface area contributed by atoms with E-state index in [1.54, 1.807) is 48.5 Å². The van der Waals surface area contributed by atoms with E-state index in [1.165, 1.54) is 24.3 Å². The number of imide groups is 1. The third-order valence-electron chi connectivity index (χ3n) is 5.18. The molecular weight excluding hydrogens is 513 g/mol. The molecular formula is C28H42FNO9. The van der Waals surface area contributed by atoms with Gasteiger partial charge in [-0.1, -0.05) is 13.8 Å². The van der Waals surface area contributed by atoms with Crippen LogP contribution in [-0.2, 0) is 28.5 Å². The topological polar surface area (TPSA) is 110 Å². The van der Waals surface area contributed by atoms with Gasteiger partial charge in [-0.25, -0.2) is 18.8 Å². The number of carbonyl (C=O) groups is 3. The van der Waals surface area contributed by atoms with Gasteiger partial charge in [0.2, 0.25) is 0 Å². The molecule has 2 rings (SSSR count). The number of hydrogen-bond acceptors (Lipinski definition) is 9. The average Bonchev–Trinajstić information content (AvgIpc) is 2.81. The minimum Gasteiger partial charge on any atom is -0.485 e. The van der Waals surface area contributed by atoms with Gasteiger partial charge in [0.25, 0.3) is 0 Å². The summed E-state index contributed by atoms with van der Waals surface area (Å²) in [4.78, 5) is 40.2. The van der Waals surface area contributed by atoms with Crippen LogP contribution < -0.4 is 4.74 Å². The first-order valence-corrected chi connectivity index (χ1v) is 13.0. The van der Waals surface area contributed by atoms with Crippen molar-refractivity contribution in [1.82, 2.24) is 4.90 Å². The minimum absolute atomic E-state index is 0.0892. The Morgan fingerprint density at radius 1 is 1.00 bits per heavy atom. The lowest BCUT2D eigenvalue weighted by Crippen LogP contribution is -2.54. The molecule has 1 heterocycles. The van der Waals surface area contributed by atoms with Gasteiger partial charge in [-0.3, -0.25) is 0 Å². The molecule has 10 nitrogen and oxygen atoms in total. The summed E-state index contributed by atoms with van der Waals surface area (Å²) in [7, 11) is 0. The monoisotopic (exact) mass is 555 g/mol. The Bertz CT molecular complexity index is 941. The normalized spacial score (nSPS) is 22.7. The maximum absolute atomic E-state index is 13.4. The Labute approximate surface area is 230 Å². The molecule has 4 atom stereocenters. The van der Waals surface area contributed by atoms with E-state index in [2.05, 4.69) is 0 Å². The third kappa shape index (κ3) is 10.6. The van der Waals surface area contributed by atoms with E-state index in [9.17, 15) is 18.8 Å². The van der Waals surface area contributed by atoms with Crippen molar-refractivity contribution in [3.8, 4) is 5.75 Å². The summed E-state index contributed by atoms with van der Waals surface area (Å²) in [6, 6.07) is 3.94. The summed E-state index contributed by atoms with van der Waals surface area (Å²) in [5.74, 6) is -0.799. The molecule has 0 N–H and O–H groups in total. The second-order valence-electron chi connectivity index (χ2n) is 11.8. The van der Waals surface area contributed by atoms with Crippen molar-refractivity contribution in [3.05, 3.63) is 30.1 Å². The molecule has 0 radical (unpaired) electrons. The molecule has 0 bridgehead atoms. The number of rotatable bonds is 6. The van der Waals surface area contributed by atoms with Crippen LogP contribution in [0, 0.1) is 11.7 Å². The van der Waals surface area contributed by atoms with Crippen LogP contribution in [-0.4, -0.2) is 78.4 Å². The minimum atomic E-state index is -1.51. The molecule has 1 aliphatic rings. The molecule has 11 heteroatoms. The zero-order chi connectivity index (χ0) is 29.5. The van der Waals surface area contributed by atoms with Crippen LogP contribution >= 0.6 is 0 Å². The van der Waals surface area contributed by atoms with Crippen molar-refractivity contribution in [1.29, 1.82) is 0 Å². The average molecular weight is 556 g/mol. The number of ether oxygens (including phenoxy) is 6. The van der Waals surface area contributed by atoms with Gasteiger partial charge in [-0.05, 0) is 78.6 Å². The van der Waals surface area contributed by atoms with Crippen molar-refractivity contribution in [3.63, 3.8) is 0 Å². The molecule has 2 amide bonds. The number of benzene rings is 1. The zero-order valence-electron chi connectivity index (χ0n) is 24.3. The predicted molar refractivity (Wildman–Crippen MR) is 140 cm³/mol. The van der Waals surface area contributed by atoms with Gasteiger partial charge < -0.3 is 28.4 Å². The first-order chi connectivity index (χ1) is 18.0. The summed E-state index contributed by atoms with van der Waals surface area (Å²) in [5.41, 5.74) is -1.92. The number of hydrogen-bond donors (Lipinski definition) is 0. The largest absolute Gasteiger partial charge is 0.485 e. The maximum atomic E-state index is 13.4. The molecule has 0 aliphatic carbocycles. The highest BCUT2D eigenvalue weighted by Gasteiger charge is 2.44. The van der Waals surface area contributed by atoms with Crippen molar-refractivity contribution >= 4 is 18.2 Å². The summed E-state index contributed by atoms with van der Waals surface area (Å²) in [6.07, 6.45) is -4.59. The second kappa shape index (κ2) is 13.4. The number of halogens is 1. The van der Waals surface area contributed by atoms with Gasteiger partial charge in [-0.15, -0.1) is 0 Å². The second-order valence-corrected chi connectivity index (χ2v) is 11.8. The standard InChI is InChI=1S/C28H42FNO9/c1-17(2)14-35-23-18(3)36-24(31)21(15-34-16-22(23)37-20-12-10-19(29)11-13-20)30(25(32)38-27(4,5)6)26(33)39-28(7,8)9/h10-13,17-18,21-23H,14-16H2,1-9H3. The molecule has 220 valence electrons. The molecule has 1 saturated heterocycles. The van der Waals surface area contributed by atoms with Crippen LogP contribution in [0.2, 0.25) is 0 Å². The van der Waals surface area contributed by atoms with E-state index in [1.807, 2.05) is 13.8 Å². The highest BCUT2D eigenvalue weighted by atomic mass is 19.1. The van der Waals surface area contributed by atoms with Crippen LogP contribution in [0.1, 0.15) is 62.3 Å². The summed E-state index contributed by atoms with van der Waals surface area (Å²) < 4.78 is 47.9. The molecule has 0 aromatic heterocycles. The number of esters is 1. The fourth-order valence-electron chi connectivity index (χ4n) is 3.56. The van der Waals surface area contributed by atoms with Crippen LogP contribution in [0.4, 0.5) is 14.0 Å². The Morgan fingerprint density at radius 2 is 1.54 bits per heavy atom. The van der Waals surface area contributed by atoms with E-state index < -0.39 is 66.1 Å². The van der Waals surface area contributed by atoms with E-state index in [-0.39, 0.29) is 12.5 Å². The van der Waals surface area contributed by atoms with E-state index in [4.69, 9.17) is 28.4 Å². The lowest BCUT2D eigenvalue weighted by atomic mass is 10.1. The summed E-state index contributed by atoms with van der Waals surface area (Å²) in [6.45, 7) is 15.2. The van der Waals surface area contributed by atoms with Gasteiger partial charge in [0.05, 0.1) is 13.2 Å². The van der Waals surface area contributed by atoms with Gasteiger partial charge in [-0.2, -0.15) is 4.90 Å².